The molecule has 4 rings (SSSR count). The molecule has 0 saturated carbocycles. The fourth-order valence-electron chi connectivity index (χ4n) is 3.72. The maximum atomic E-state index is 12.4. The van der Waals surface area contributed by atoms with Crippen LogP contribution < -0.4 is 21.1 Å². The zero-order valence-corrected chi connectivity index (χ0v) is 15.5. The van der Waals surface area contributed by atoms with Crippen LogP contribution in [0.3, 0.4) is 0 Å². The molecule has 7 heteroatoms. The summed E-state index contributed by atoms with van der Waals surface area (Å²) in [6.45, 7) is 2.65. The number of carbonyl (C=O) groups is 1. The number of rotatable bonds is 5. The molecule has 0 bridgehead atoms. The highest BCUT2D eigenvalue weighted by atomic mass is 16.3. The zero-order chi connectivity index (χ0) is 18.5. The molecule has 0 radical (unpaired) electrons. The van der Waals surface area contributed by atoms with E-state index in [2.05, 4.69) is 38.2 Å². The second-order valence-corrected chi connectivity index (χ2v) is 7.29. The molecule has 0 spiro atoms. The normalized spacial score (nSPS) is 23.2. The molecule has 27 heavy (non-hydrogen) atoms. The van der Waals surface area contributed by atoms with Crippen LogP contribution in [0.15, 0.2) is 41.1 Å². The average molecular weight is 369 g/mol. The molecule has 7 nitrogen and oxygen atoms in total. The Hall–Kier alpha value is -2.38. The minimum atomic E-state index is -0.274. The summed E-state index contributed by atoms with van der Waals surface area (Å²) in [5.74, 6) is 1.86. The summed E-state index contributed by atoms with van der Waals surface area (Å²) in [6, 6.07) is 7.63. The number of furan rings is 1. The van der Waals surface area contributed by atoms with Crippen LogP contribution in [0.1, 0.15) is 49.5 Å². The van der Waals surface area contributed by atoms with Crippen LogP contribution in [0.2, 0.25) is 0 Å². The van der Waals surface area contributed by atoms with Gasteiger partial charge in [-0.15, -0.1) is 0 Å². The number of hydrazine groups is 1. The van der Waals surface area contributed by atoms with Crippen LogP contribution in [0.25, 0.3) is 0 Å². The van der Waals surface area contributed by atoms with E-state index in [4.69, 9.17) is 4.42 Å². The monoisotopic (exact) mass is 369 g/mol. The van der Waals surface area contributed by atoms with Crippen LogP contribution >= 0.6 is 0 Å². The van der Waals surface area contributed by atoms with Crippen LogP contribution in [0.5, 0.6) is 0 Å². The van der Waals surface area contributed by atoms with Crippen molar-refractivity contribution in [1.82, 2.24) is 21.2 Å². The van der Waals surface area contributed by atoms with Crippen molar-refractivity contribution in [2.45, 2.75) is 50.7 Å². The van der Waals surface area contributed by atoms with Gasteiger partial charge in [0.15, 0.2) is 0 Å². The van der Waals surface area contributed by atoms with Gasteiger partial charge in [0.25, 0.3) is 0 Å². The fraction of sp³-hybridized carbons (Fsp3) is 0.500. The molecule has 2 aromatic heterocycles. The van der Waals surface area contributed by atoms with Crippen LogP contribution in [0.4, 0.5) is 5.82 Å². The van der Waals surface area contributed by atoms with Gasteiger partial charge in [0.2, 0.25) is 5.91 Å². The number of anilines is 1. The number of amides is 1. The Labute approximate surface area is 159 Å². The minimum Gasteiger partial charge on any atom is -0.468 e. The number of nitrogens with one attached hydrogen (secondary N) is 3. The number of aromatic nitrogens is 1. The molecule has 3 N–H and O–H groups in total. The van der Waals surface area contributed by atoms with Crippen LogP contribution in [-0.4, -0.2) is 30.0 Å². The first kappa shape index (κ1) is 18.0. The van der Waals surface area contributed by atoms with Crippen LogP contribution in [-0.2, 0) is 11.3 Å². The van der Waals surface area contributed by atoms with Gasteiger partial charge in [0, 0.05) is 25.8 Å². The molecule has 2 saturated heterocycles. The van der Waals surface area contributed by atoms with Gasteiger partial charge in [-0.3, -0.25) is 4.79 Å². The quantitative estimate of drug-likeness (QED) is 0.750. The minimum absolute atomic E-state index is 0.0188. The highest BCUT2D eigenvalue weighted by Gasteiger charge is 2.31. The van der Waals surface area contributed by atoms with Gasteiger partial charge in [-0.25, -0.2) is 15.8 Å². The molecule has 144 valence electrons. The zero-order valence-electron chi connectivity index (χ0n) is 15.5. The van der Waals surface area contributed by atoms with Gasteiger partial charge >= 0.3 is 0 Å². The van der Waals surface area contributed by atoms with Crippen molar-refractivity contribution >= 4 is 11.7 Å². The maximum absolute atomic E-state index is 12.4. The molecule has 2 fully saturated rings. The first-order chi connectivity index (χ1) is 13.3. The molecule has 1 amide bonds. The second-order valence-electron chi connectivity index (χ2n) is 7.29. The lowest BCUT2D eigenvalue weighted by atomic mass is 10.1. The molecular formula is C20H27N5O2. The third kappa shape index (κ3) is 4.48. The van der Waals surface area contributed by atoms with E-state index in [1.54, 1.807) is 6.26 Å². The van der Waals surface area contributed by atoms with Crippen molar-refractivity contribution in [2.24, 2.45) is 0 Å². The fourth-order valence-corrected chi connectivity index (χ4v) is 3.72. The van der Waals surface area contributed by atoms with Gasteiger partial charge in [-0.05, 0) is 43.0 Å². The van der Waals surface area contributed by atoms with Crippen molar-refractivity contribution in [3.63, 3.8) is 0 Å². The summed E-state index contributed by atoms with van der Waals surface area (Å²) in [4.78, 5) is 19.4. The van der Waals surface area contributed by atoms with E-state index in [9.17, 15) is 4.79 Å². The van der Waals surface area contributed by atoms with Crippen molar-refractivity contribution < 1.29 is 9.21 Å². The Morgan fingerprint density at radius 3 is 2.74 bits per heavy atom. The molecule has 2 aliphatic rings. The predicted molar refractivity (Wildman–Crippen MR) is 103 cm³/mol. The smallest absolute Gasteiger partial charge is 0.238 e. The van der Waals surface area contributed by atoms with Gasteiger partial charge in [0.1, 0.15) is 17.6 Å². The van der Waals surface area contributed by atoms with Gasteiger partial charge in [-0.2, -0.15) is 0 Å². The van der Waals surface area contributed by atoms with Crippen molar-refractivity contribution in [3.8, 4) is 0 Å². The summed E-state index contributed by atoms with van der Waals surface area (Å²) in [6.07, 6.45) is 9.27. The Morgan fingerprint density at radius 1 is 1.19 bits per heavy atom. The van der Waals surface area contributed by atoms with Crippen molar-refractivity contribution in [2.75, 3.05) is 18.0 Å². The third-order valence-electron chi connectivity index (χ3n) is 5.31. The maximum Gasteiger partial charge on any atom is 0.238 e. The van der Waals surface area contributed by atoms with Crippen molar-refractivity contribution in [1.29, 1.82) is 0 Å². The number of hydrogen-bond acceptors (Lipinski definition) is 6. The van der Waals surface area contributed by atoms with Crippen LogP contribution in [0, 0.1) is 0 Å². The standard InChI is InChI=1S/C20H27N5O2/c26-20(17-12-16(23-24-17)18-6-5-11-27-18)22-14-15-7-8-19(21-13-15)25-9-3-1-2-4-10-25/h5-8,11,13,16-17,23-24H,1-4,9-10,12,14H2,(H,22,26). The van der Waals surface area contributed by atoms with E-state index in [1.165, 1.54) is 25.7 Å². The Morgan fingerprint density at radius 2 is 2.04 bits per heavy atom. The molecule has 2 atom stereocenters. The van der Waals surface area contributed by atoms with E-state index in [1.807, 2.05) is 18.3 Å². The summed E-state index contributed by atoms with van der Waals surface area (Å²) >= 11 is 0. The SMILES string of the molecule is O=C(NCc1ccc(N2CCCCCC2)nc1)C1CC(c2ccco2)NN1. The summed E-state index contributed by atoms with van der Waals surface area (Å²) in [5, 5.41) is 2.99. The van der Waals surface area contributed by atoms with E-state index >= 15 is 0 Å². The molecule has 4 heterocycles. The molecule has 0 aromatic carbocycles. The van der Waals surface area contributed by atoms with E-state index in [-0.39, 0.29) is 18.0 Å². The second kappa shape index (κ2) is 8.54. The lowest BCUT2D eigenvalue weighted by Crippen LogP contribution is -2.42. The van der Waals surface area contributed by atoms with Gasteiger partial charge in [-0.1, -0.05) is 18.9 Å². The van der Waals surface area contributed by atoms with E-state index in [0.717, 1.165) is 30.2 Å². The molecule has 2 aromatic rings. The highest BCUT2D eigenvalue weighted by Crippen LogP contribution is 2.22. The van der Waals surface area contributed by atoms with Gasteiger partial charge < -0.3 is 14.6 Å². The first-order valence-electron chi connectivity index (χ1n) is 9.81. The molecule has 0 aliphatic carbocycles. The summed E-state index contributed by atoms with van der Waals surface area (Å²) in [5.41, 5.74) is 7.17. The highest BCUT2D eigenvalue weighted by molar-refractivity contribution is 5.82. The summed E-state index contributed by atoms with van der Waals surface area (Å²) in [7, 11) is 0. The number of carbonyl (C=O) groups excluding carboxylic acids is 1. The number of hydrogen-bond donors (Lipinski definition) is 3. The molecule has 2 unspecified atom stereocenters. The number of pyridine rings is 1. The largest absolute Gasteiger partial charge is 0.468 e. The van der Waals surface area contributed by atoms with E-state index in [0.29, 0.717) is 13.0 Å². The van der Waals surface area contributed by atoms with Crippen molar-refractivity contribution in [3.05, 3.63) is 48.0 Å². The Balaban J connectivity index is 1.26. The Bertz CT molecular complexity index is 723. The predicted octanol–water partition coefficient (Wildman–Crippen LogP) is 2.28. The number of nitrogens with zero attached hydrogens (tertiary/aromatic N) is 2. The average Bonchev–Trinajstić information content (AvgIpc) is 3.33. The topological polar surface area (TPSA) is 82.4 Å². The Kier molecular flexibility index (Phi) is 5.69. The lowest BCUT2D eigenvalue weighted by molar-refractivity contribution is -0.123. The molecule has 2 aliphatic heterocycles. The third-order valence-corrected chi connectivity index (χ3v) is 5.31. The first-order valence-corrected chi connectivity index (χ1v) is 9.81. The van der Waals surface area contributed by atoms with Gasteiger partial charge in [0.05, 0.1) is 12.3 Å². The lowest BCUT2D eigenvalue weighted by Gasteiger charge is -2.21. The summed E-state index contributed by atoms with van der Waals surface area (Å²) < 4.78 is 5.40. The van der Waals surface area contributed by atoms with E-state index < -0.39 is 0 Å². The molecular weight excluding hydrogens is 342 g/mol.